The molecule has 0 aromatic heterocycles. The highest BCUT2D eigenvalue weighted by molar-refractivity contribution is 5.97. The maximum absolute atomic E-state index is 12.4. The van der Waals surface area contributed by atoms with Crippen LogP contribution in [0.2, 0.25) is 0 Å². The van der Waals surface area contributed by atoms with E-state index in [-0.39, 0.29) is 17.9 Å². The lowest BCUT2D eigenvalue weighted by Gasteiger charge is -2.41. The fourth-order valence-electron chi connectivity index (χ4n) is 2.42. The summed E-state index contributed by atoms with van der Waals surface area (Å²) in [5.41, 5.74) is 0. The van der Waals surface area contributed by atoms with Crippen LogP contribution in [0.15, 0.2) is 0 Å². The van der Waals surface area contributed by atoms with Crippen molar-refractivity contribution in [2.75, 3.05) is 0 Å². The Morgan fingerprint density at radius 3 is 2.50 bits per heavy atom. The SMILES string of the molecule is C#CC(CC)N1C(=O)C(CCC)NC(=O)C1CC. The van der Waals surface area contributed by atoms with Gasteiger partial charge in [0.15, 0.2) is 0 Å². The van der Waals surface area contributed by atoms with E-state index >= 15 is 0 Å². The van der Waals surface area contributed by atoms with Gasteiger partial charge in [0, 0.05) is 0 Å². The minimum Gasteiger partial charge on any atom is -0.343 e. The van der Waals surface area contributed by atoms with E-state index < -0.39 is 12.1 Å². The van der Waals surface area contributed by atoms with Crippen LogP contribution in [0, 0.1) is 12.3 Å². The van der Waals surface area contributed by atoms with Gasteiger partial charge in [-0.05, 0) is 19.3 Å². The number of carbonyl (C=O) groups is 2. The number of rotatable bonds is 5. The molecule has 1 aliphatic heterocycles. The van der Waals surface area contributed by atoms with Gasteiger partial charge in [-0.2, -0.15) is 0 Å². The molecule has 1 saturated heterocycles. The van der Waals surface area contributed by atoms with Crippen molar-refractivity contribution in [3.63, 3.8) is 0 Å². The molecule has 1 fully saturated rings. The minimum absolute atomic E-state index is 0.0342. The zero-order valence-corrected chi connectivity index (χ0v) is 11.4. The molecule has 1 N–H and O–H groups in total. The van der Waals surface area contributed by atoms with Crippen molar-refractivity contribution in [1.82, 2.24) is 10.2 Å². The Morgan fingerprint density at radius 2 is 2.06 bits per heavy atom. The van der Waals surface area contributed by atoms with Gasteiger partial charge >= 0.3 is 0 Å². The standard InChI is InChI=1S/C14H22N2O2/c1-5-9-11-14(18)16(10(6-2)7-3)12(8-4)13(17)15-11/h2,10-12H,5,7-9H2,1,3-4H3,(H,15,17). The van der Waals surface area contributed by atoms with Crippen molar-refractivity contribution >= 4 is 11.8 Å². The van der Waals surface area contributed by atoms with Crippen LogP contribution in [-0.2, 0) is 9.59 Å². The van der Waals surface area contributed by atoms with Gasteiger partial charge in [0.05, 0.1) is 6.04 Å². The van der Waals surface area contributed by atoms with Crippen LogP contribution in [-0.4, -0.2) is 34.8 Å². The molecule has 1 heterocycles. The van der Waals surface area contributed by atoms with Crippen LogP contribution in [0.1, 0.15) is 46.5 Å². The van der Waals surface area contributed by atoms with E-state index in [2.05, 4.69) is 11.2 Å². The Kier molecular flexibility index (Phi) is 5.21. The quantitative estimate of drug-likeness (QED) is 0.748. The Morgan fingerprint density at radius 1 is 1.39 bits per heavy atom. The molecule has 2 amide bonds. The third-order valence-corrected chi connectivity index (χ3v) is 3.39. The molecule has 1 aliphatic rings. The maximum Gasteiger partial charge on any atom is 0.246 e. The van der Waals surface area contributed by atoms with E-state index in [1.807, 2.05) is 20.8 Å². The van der Waals surface area contributed by atoms with Gasteiger partial charge in [0.2, 0.25) is 11.8 Å². The fraction of sp³-hybridized carbons (Fsp3) is 0.714. The molecule has 4 nitrogen and oxygen atoms in total. The maximum atomic E-state index is 12.4. The largest absolute Gasteiger partial charge is 0.343 e. The number of carbonyl (C=O) groups excluding carboxylic acids is 2. The number of hydrogen-bond donors (Lipinski definition) is 1. The predicted octanol–water partition coefficient (Wildman–Crippen LogP) is 1.30. The summed E-state index contributed by atoms with van der Waals surface area (Å²) in [6.45, 7) is 5.83. The first kappa shape index (κ1) is 14.6. The second-order valence-electron chi connectivity index (χ2n) is 4.61. The van der Waals surface area contributed by atoms with Crippen LogP contribution in [0.5, 0.6) is 0 Å². The number of amides is 2. The van der Waals surface area contributed by atoms with E-state index in [9.17, 15) is 9.59 Å². The number of nitrogens with zero attached hydrogens (tertiary/aromatic N) is 1. The topological polar surface area (TPSA) is 49.4 Å². The third-order valence-electron chi connectivity index (χ3n) is 3.39. The third kappa shape index (κ3) is 2.66. The van der Waals surface area contributed by atoms with E-state index in [4.69, 9.17) is 6.42 Å². The minimum atomic E-state index is -0.424. The Balaban J connectivity index is 3.02. The molecule has 100 valence electrons. The highest BCUT2D eigenvalue weighted by Gasteiger charge is 2.41. The summed E-state index contributed by atoms with van der Waals surface area (Å²) < 4.78 is 0. The van der Waals surface area contributed by atoms with Crippen LogP contribution in [0.4, 0.5) is 0 Å². The van der Waals surface area contributed by atoms with Gasteiger partial charge in [0.25, 0.3) is 0 Å². The zero-order valence-electron chi connectivity index (χ0n) is 11.4. The van der Waals surface area contributed by atoms with E-state index in [1.165, 1.54) is 0 Å². The van der Waals surface area contributed by atoms with Crippen molar-refractivity contribution < 1.29 is 9.59 Å². The van der Waals surface area contributed by atoms with Crippen molar-refractivity contribution in [3.8, 4) is 12.3 Å². The second-order valence-corrected chi connectivity index (χ2v) is 4.61. The molecule has 4 heteroatoms. The van der Waals surface area contributed by atoms with Gasteiger partial charge in [-0.25, -0.2) is 0 Å². The Labute approximate surface area is 109 Å². The highest BCUT2D eigenvalue weighted by atomic mass is 16.2. The predicted molar refractivity (Wildman–Crippen MR) is 70.7 cm³/mol. The highest BCUT2D eigenvalue weighted by Crippen LogP contribution is 2.20. The molecule has 3 atom stereocenters. The molecular formula is C14H22N2O2. The Hall–Kier alpha value is -1.50. The normalized spacial score (nSPS) is 25.6. The van der Waals surface area contributed by atoms with Gasteiger partial charge in [-0.3, -0.25) is 9.59 Å². The summed E-state index contributed by atoms with van der Waals surface area (Å²) in [6, 6.07) is -1.12. The average Bonchev–Trinajstić information content (AvgIpc) is 2.36. The molecule has 0 saturated carbocycles. The molecule has 18 heavy (non-hydrogen) atoms. The van der Waals surface area contributed by atoms with Crippen LogP contribution >= 0.6 is 0 Å². The summed E-state index contributed by atoms with van der Waals surface area (Å²) >= 11 is 0. The van der Waals surface area contributed by atoms with Crippen molar-refractivity contribution in [2.24, 2.45) is 0 Å². The molecule has 0 radical (unpaired) electrons. The molecule has 0 aromatic carbocycles. The van der Waals surface area contributed by atoms with Crippen molar-refractivity contribution in [1.29, 1.82) is 0 Å². The van der Waals surface area contributed by atoms with Crippen LogP contribution < -0.4 is 5.32 Å². The summed E-state index contributed by atoms with van der Waals surface area (Å²) in [5.74, 6) is 2.51. The van der Waals surface area contributed by atoms with Crippen LogP contribution in [0.25, 0.3) is 0 Å². The number of piperazine rings is 1. The van der Waals surface area contributed by atoms with Crippen LogP contribution in [0.3, 0.4) is 0 Å². The fourth-order valence-corrected chi connectivity index (χ4v) is 2.42. The van der Waals surface area contributed by atoms with Gasteiger partial charge in [0.1, 0.15) is 12.1 Å². The summed E-state index contributed by atoms with van der Waals surface area (Å²) in [7, 11) is 0. The molecule has 3 unspecified atom stereocenters. The van der Waals surface area contributed by atoms with Gasteiger partial charge < -0.3 is 10.2 Å². The molecule has 0 bridgehead atoms. The number of terminal acetylenes is 1. The lowest BCUT2D eigenvalue weighted by Crippen LogP contribution is -2.65. The van der Waals surface area contributed by atoms with Gasteiger partial charge in [-0.1, -0.05) is 33.1 Å². The smallest absolute Gasteiger partial charge is 0.246 e. The number of hydrogen-bond acceptors (Lipinski definition) is 2. The van der Waals surface area contributed by atoms with Gasteiger partial charge in [-0.15, -0.1) is 6.42 Å². The van der Waals surface area contributed by atoms with E-state index in [0.717, 1.165) is 6.42 Å². The molecular weight excluding hydrogens is 228 g/mol. The molecule has 1 rings (SSSR count). The summed E-state index contributed by atoms with van der Waals surface area (Å²) in [6.07, 6.45) is 8.27. The Bertz CT molecular complexity index is 359. The average molecular weight is 250 g/mol. The molecule has 0 aromatic rings. The number of nitrogens with one attached hydrogen (secondary N) is 1. The summed E-state index contributed by atoms with van der Waals surface area (Å²) in [5, 5.41) is 2.80. The van der Waals surface area contributed by atoms with E-state index in [0.29, 0.717) is 19.3 Å². The van der Waals surface area contributed by atoms with Crippen molar-refractivity contribution in [2.45, 2.75) is 64.6 Å². The monoisotopic (exact) mass is 250 g/mol. The lowest BCUT2D eigenvalue weighted by molar-refractivity contribution is -0.151. The molecule has 0 aliphatic carbocycles. The summed E-state index contributed by atoms with van der Waals surface area (Å²) in [4.78, 5) is 26.0. The first-order valence-electron chi connectivity index (χ1n) is 6.69. The first-order valence-corrected chi connectivity index (χ1v) is 6.69. The van der Waals surface area contributed by atoms with E-state index in [1.54, 1.807) is 4.90 Å². The molecule has 0 spiro atoms. The zero-order chi connectivity index (χ0) is 13.7. The van der Waals surface area contributed by atoms with Crippen molar-refractivity contribution in [3.05, 3.63) is 0 Å². The lowest BCUT2D eigenvalue weighted by atomic mass is 9.99. The first-order chi connectivity index (χ1) is 8.60. The second kappa shape index (κ2) is 6.44.